The highest BCUT2D eigenvalue weighted by atomic mass is 16.5. The minimum atomic E-state index is -0.450. The maximum atomic E-state index is 12.5. The number of hydrogen-bond acceptors (Lipinski definition) is 4. The Morgan fingerprint density at radius 2 is 2.05 bits per heavy atom. The van der Waals surface area contributed by atoms with E-state index in [0.29, 0.717) is 6.61 Å². The average molecular weight is 298 g/mol. The molecular formula is C17H34N2O2. The molecule has 0 amide bonds. The SMILES string of the molecule is CCCC1CCCC(NCCN(C)C)(C(=O)OCC)CC1. The number of hydrogen-bond donors (Lipinski definition) is 1. The molecular weight excluding hydrogens is 264 g/mol. The molecule has 21 heavy (non-hydrogen) atoms. The van der Waals surface area contributed by atoms with Crippen LogP contribution in [0, 0.1) is 5.92 Å². The Labute approximate surface area is 130 Å². The summed E-state index contributed by atoms with van der Waals surface area (Å²) in [5, 5.41) is 3.54. The second-order valence-electron chi connectivity index (χ2n) is 6.62. The standard InChI is InChI=1S/C17H34N2O2/c1-5-8-15-9-7-11-17(12-10-15,16(20)21-6-2)18-13-14-19(3)4/h15,18H,5-14H2,1-4H3. The van der Waals surface area contributed by atoms with E-state index in [9.17, 15) is 4.79 Å². The van der Waals surface area contributed by atoms with E-state index in [0.717, 1.165) is 44.7 Å². The van der Waals surface area contributed by atoms with Crippen LogP contribution in [0.5, 0.6) is 0 Å². The molecule has 1 aliphatic rings. The first kappa shape index (κ1) is 18.4. The van der Waals surface area contributed by atoms with Gasteiger partial charge in [0.05, 0.1) is 6.61 Å². The predicted molar refractivity (Wildman–Crippen MR) is 87.4 cm³/mol. The summed E-state index contributed by atoms with van der Waals surface area (Å²) in [6.45, 7) is 6.39. The summed E-state index contributed by atoms with van der Waals surface area (Å²) >= 11 is 0. The maximum Gasteiger partial charge on any atom is 0.326 e. The molecule has 0 aromatic rings. The van der Waals surface area contributed by atoms with Crippen LogP contribution >= 0.6 is 0 Å². The fourth-order valence-corrected chi connectivity index (χ4v) is 3.35. The van der Waals surface area contributed by atoms with E-state index in [-0.39, 0.29) is 5.97 Å². The van der Waals surface area contributed by atoms with Gasteiger partial charge in [-0.05, 0) is 46.2 Å². The smallest absolute Gasteiger partial charge is 0.326 e. The van der Waals surface area contributed by atoms with Gasteiger partial charge in [-0.1, -0.05) is 32.6 Å². The van der Waals surface area contributed by atoms with Crippen molar-refractivity contribution in [1.82, 2.24) is 10.2 Å². The molecule has 0 aliphatic heterocycles. The lowest BCUT2D eigenvalue weighted by Crippen LogP contribution is -2.54. The molecule has 2 unspecified atom stereocenters. The Morgan fingerprint density at radius 1 is 1.29 bits per heavy atom. The largest absolute Gasteiger partial charge is 0.465 e. The molecule has 0 aromatic heterocycles. The van der Waals surface area contributed by atoms with Crippen LogP contribution in [0.2, 0.25) is 0 Å². The topological polar surface area (TPSA) is 41.6 Å². The van der Waals surface area contributed by atoms with Crippen LogP contribution in [0.3, 0.4) is 0 Å². The molecule has 1 fully saturated rings. The van der Waals surface area contributed by atoms with Crippen molar-refractivity contribution in [3.05, 3.63) is 0 Å². The Balaban J connectivity index is 2.69. The fraction of sp³-hybridized carbons (Fsp3) is 0.941. The minimum absolute atomic E-state index is 0.0408. The molecule has 0 spiro atoms. The fourth-order valence-electron chi connectivity index (χ4n) is 3.35. The van der Waals surface area contributed by atoms with E-state index in [2.05, 4.69) is 31.2 Å². The van der Waals surface area contributed by atoms with Crippen molar-refractivity contribution in [1.29, 1.82) is 0 Å². The number of likely N-dealkylation sites (N-methyl/N-ethyl adjacent to an activating group) is 1. The van der Waals surface area contributed by atoms with Gasteiger partial charge in [0.1, 0.15) is 5.54 Å². The lowest BCUT2D eigenvalue weighted by atomic mass is 9.88. The molecule has 1 saturated carbocycles. The number of nitrogens with one attached hydrogen (secondary N) is 1. The van der Waals surface area contributed by atoms with Gasteiger partial charge in [-0.15, -0.1) is 0 Å². The highest BCUT2D eigenvalue weighted by Gasteiger charge is 2.40. The van der Waals surface area contributed by atoms with E-state index in [1.807, 2.05) is 6.92 Å². The van der Waals surface area contributed by atoms with Crippen LogP contribution in [-0.4, -0.2) is 50.2 Å². The predicted octanol–water partition coefficient (Wildman–Crippen LogP) is 2.82. The van der Waals surface area contributed by atoms with Gasteiger partial charge in [0.15, 0.2) is 0 Å². The summed E-state index contributed by atoms with van der Waals surface area (Å²) in [5.41, 5.74) is -0.450. The molecule has 124 valence electrons. The van der Waals surface area contributed by atoms with Gasteiger partial charge < -0.3 is 15.0 Å². The van der Waals surface area contributed by atoms with Crippen LogP contribution in [0.25, 0.3) is 0 Å². The number of nitrogens with zero attached hydrogens (tertiary/aromatic N) is 1. The first-order valence-electron chi connectivity index (χ1n) is 8.61. The van der Waals surface area contributed by atoms with E-state index in [4.69, 9.17) is 4.74 Å². The van der Waals surface area contributed by atoms with E-state index < -0.39 is 5.54 Å². The third-order valence-electron chi connectivity index (χ3n) is 4.58. The summed E-state index contributed by atoms with van der Waals surface area (Å²) in [6.07, 6.45) is 7.88. The van der Waals surface area contributed by atoms with Crippen molar-refractivity contribution in [3.8, 4) is 0 Å². The van der Waals surface area contributed by atoms with Crippen molar-refractivity contribution in [2.45, 2.75) is 64.3 Å². The minimum Gasteiger partial charge on any atom is -0.465 e. The van der Waals surface area contributed by atoms with E-state index >= 15 is 0 Å². The normalized spacial score (nSPS) is 26.6. The van der Waals surface area contributed by atoms with Crippen molar-refractivity contribution < 1.29 is 9.53 Å². The van der Waals surface area contributed by atoms with Crippen LogP contribution in [0.1, 0.15) is 58.8 Å². The zero-order valence-corrected chi connectivity index (χ0v) is 14.4. The van der Waals surface area contributed by atoms with Gasteiger partial charge in [0.25, 0.3) is 0 Å². The summed E-state index contributed by atoms with van der Waals surface area (Å²) in [5.74, 6) is 0.739. The number of carbonyl (C=O) groups excluding carboxylic acids is 1. The van der Waals surface area contributed by atoms with Gasteiger partial charge in [-0.3, -0.25) is 4.79 Å². The van der Waals surface area contributed by atoms with Gasteiger partial charge in [-0.25, -0.2) is 0 Å². The average Bonchev–Trinajstić information content (AvgIpc) is 2.63. The Hall–Kier alpha value is -0.610. The van der Waals surface area contributed by atoms with Gasteiger partial charge in [0, 0.05) is 13.1 Å². The quantitative estimate of drug-likeness (QED) is 0.553. The lowest BCUT2D eigenvalue weighted by Gasteiger charge is -2.32. The zero-order chi connectivity index (χ0) is 15.7. The molecule has 4 heteroatoms. The molecule has 4 nitrogen and oxygen atoms in total. The Bertz CT molecular complexity index is 307. The molecule has 0 radical (unpaired) electrons. The monoisotopic (exact) mass is 298 g/mol. The first-order chi connectivity index (χ1) is 10.0. The summed E-state index contributed by atoms with van der Waals surface area (Å²) in [7, 11) is 4.12. The second-order valence-corrected chi connectivity index (χ2v) is 6.62. The Morgan fingerprint density at radius 3 is 2.67 bits per heavy atom. The Kier molecular flexibility index (Phi) is 8.27. The van der Waals surface area contributed by atoms with Crippen LogP contribution < -0.4 is 5.32 Å². The molecule has 0 aromatic carbocycles. The molecule has 2 atom stereocenters. The van der Waals surface area contributed by atoms with Gasteiger partial charge in [0.2, 0.25) is 0 Å². The van der Waals surface area contributed by atoms with Crippen molar-refractivity contribution >= 4 is 5.97 Å². The summed E-state index contributed by atoms with van der Waals surface area (Å²) in [4.78, 5) is 14.7. The summed E-state index contributed by atoms with van der Waals surface area (Å²) < 4.78 is 5.38. The number of esters is 1. The van der Waals surface area contributed by atoms with Crippen LogP contribution in [0.4, 0.5) is 0 Å². The second kappa shape index (κ2) is 9.42. The number of rotatable bonds is 8. The third kappa shape index (κ3) is 5.95. The van der Waals surface area contributed by atoms with Crippen molar-refractivity contribution in [2.75, 3.05) is 33.8 Å². The van der Waals surface area contributed by atoms with Gasteiger partial charge >= 0.3 is 5.97 Å². The molecule has 1 N–H and O–H groups in total. The van der Waals surface area contributed by atoms with Gasteiger partial charge in [-0.2, -0.15) is 0 Å². The highest BCUT2D eigenvalue weighted by Crippen LogP contribution is 2.33. The molecule has 0 saturated heterocycles. The van der Waals surface area contributed by atoms with Crippen LogP contribution in [0.15, 0.2) is 0 Å². The molecule has 1 aliphatic carbocycles. The molecule has 0 bridgehead atoms. The number of ether oxygens (including phenoxy) is 1. The first-order valence-corrected chi connectivity index (χ1v) is 8.61. The van der Waals surface area contributed by atoms with Crippen molar-refractivity contribution in [3.63, 3.8) is 0 Å². The van der Waals surface area contributed by atoms with E-state index in [1.54, 1.807) is 0 Å². The molecule has 1 rings (SSSR count). The summed E-state index contributed by atoms with van der Waals surface area (Å²) in [6, 6.07) is 0. The zero-order valence-electron chi connectivity index (χ0n) is 14.4. The van der Waals surface area contributed by atoms with Crippen molar-refractivity contribution in [2.24, 2.45) is 5.92 Å². The highest BCUT2D eigenvalue weighted by molar-refractivity contribution is 5.80. The third-order valence-corrected chi connectivity index (χ3v) is 4.58. The van der Waals surface area contributed by atoms with Crippen LogP contribution in [-0.2, 0) is 9.53 Å². The van der Waals surface area contributed by atoms with E-state index in [1.165, 1.54) is 19.3 Å². The number of carbonyl (C=O) groups is 1. The lowest BCUT2D eigenvalue weighted by molar-refractivity contribution is -0.152. The maximum absolute atomic E-state index is 12.5. The molecule has 0 heterocycles.